The summed E-state index contributed by atoms with van der Waals surface area (Å²) in [6, 6.07) is 27.6. The quantitative estimate of drug-likeness (QED) is 0.0593. The summed E-state index contributed by atoms with van der Waals surface area (Å²) in [6.45, 7) is 8.70. The Hall–Kier alpha value is -7.58. The van der Waals surface area contributed by atoms with Crippen molar-refractivity contribution < 1.29 is 52.5 Å². The van der Waals surface area contributed by atoms with Crippen molar-refractivity contribution in [2.24, 2.45) is 11.8 Å². The van der Waals surface area contributed by atoms with Crippen molar-refractivity contribution in [3.63, 3.8) is 0 Å². The van der Waals surface area contributed by atoms with Gasteiger partial charge in [-0.05, 0) is 64.1 Å². The maximum Gasteiger partial charge on any atom is 0.258 e. The first kappa shape index (κ1) is 51.3. The number of carbonyl (C=O) groups excluding carboxylic acids is 7. The smallest absolute Gasteiger partial charge is 0.258 e. The van der Waals surface area contributed by atoms with Gasteiger partial charge in [0.15, 0.2) is 17.5 Å². The van der Waals surface area contributed by atoms with E-state index in [0.29, 0.717) is 81.0 Å². The molecule has 384 valence electrons. The number of ketones is 1. The fourth-order valence-corrected chi connectivity index (χ4v) is 10.3. The molecule has 4 aromatic carbocycles. The maximum atomic E-state index is 14.0. The van der Waals surface area contributed by atoms with Crippen LogP contribution in [0.1, 0.15) is 62.7 Å². The van der Waals surface area contributed by atoms with Crippen molar-refractivity contribution in [3.8, 4) is 16.9 Å². The fourth-order valence-electron chi connectivity index (χ4n) is 9.78. The molecule has 1 aromatic heterocycles. The minimum absolute atomic E-state index is 0.0399. The number of hydrogen-bond acceptors (Lipinski definition) is 14. The minimum Gasteiger partial charge on any atom is -0.483 e. The summed E-state index contributed by atoms with van der Waals surface area (Å²) in [5.41, 5.74) is 6.42. The highest BCUT2D eigenvalue weighted by Gasteiger charge is 2.45. The number of piperazine rings is 1. The van der Waals surface area contributed by atoms with Crippen LogP contribution in [0.2, 0.25) is 0 Å². The number of anilines is 2. The van der Waals surface area contributed by atoms with E-state index in [0.717, 1.165) is 27.9 Å². The SMILES string of the molecule is C=C1c2cccc(OCC(=O)NCCOCCOCCOCCC(=O)N3CCN(c4ccc(-c5ccc6c(c5)C(=O)N(C(C(=O)Nc5nccs5)c5ccccc5)C6)cc4)CC3)c2C(=O)C1C1CCC(=O)NC1=O. The van der Waals surface area contributed by atoms with E-state index >= 15 is 0 Å². The lowest BCUT2D eigenvalue weighted by atomic mass is 9.81. The molecule has 74 heavy (non-hydrogen) atoms. The van der Waals surface area contributed by atoms with Gasteiger partial charge in [-0.3, -0.25) is 44.2 Å². The van der Waals surface area contributed by atoms with Gasteiger partial charge in [-0.25, -0.2) is 4.98 Å². The van der Waals surface area contributed by atoms with Crippen LogP contribution in [0.4, 0.5) is 10.8 Å². The van der Waals surface area contributed by atoms with Gasteiger partial charge in [0.25, 0.3) is 17.7 Å². The highest BCUT2D eigenvalue weighted by Crippen LogP contribution is 2.45. The number of benzene rings is 4. The van der Waals surface area contributed by atoms with Crippen LogP contribution in [0.25, 0.3) is 16.7 Å². The first-order valence-electron chi connectivity index (χ1n) is 24.7. The number of imide groups is 1. The summed E-state index contributed by atoms with van der Waals surface area (Å²) in [7, 11) is 0. The zero-order chi connectivity index (χ0) is 51.6. The van der Waals surface area contributed by atoms with Crippen LogP contribution in [0.5, 0.6) is 5.75 Å². The van der Waals surface area contributed by atoms with Crippen LogP contribution in [-0.4, -0.2) is 135 Å². The molecule has 3 N–H and O–H groups in total. The molecule has 4 aliphatic rings. The maximum absolute atomic E-state index is 14.0. The van der Waals surface area contributed by atoms with E-state index in [1.807, 2.05) is 65.6 Å². The standard InChI is InChI=1S/C55H57N7O11S/c1-35-41-8-5-9-44(49(41)51(66)48(35)42-16-17-45(63)58-52(42)67)73-34-46(64)56-19-26-71-28-30-72-29-27-70-25-18-47(65)61-23-21-60(22-24-61)40-14-12-36(13-15-40)38-10-11-39-33-62(54(69)43(39)32-38)50(37-6-3-2-4-7-37)53(68)59-55-57-20-31-74-55/h2-15,20,31-32,42,48,50H,1,16-19,21-30,33-34H2,(H,56,64)(H,57,59,68)(H,58,63,67). The van der Waals surface area contributed by atoms with Gasteiger partial charge >= 0.3 is 0 Å². The molecule has 0 spiro atoms. The highest BCUT2D eigenvalue weighted by atomic mass is 32.1. The Labute approximate surface area is 432 Å². The lowest BCUT2D eigenvalue weighted by molar-refractivity contribution is -0.137. The normalized spacial score (nSPS) is 17.7. The van der Waals surface area contributed by atoms with Gasteiger partial charge in [-0.2, -0.15) is 0 Å². The Balaban J connectivity index is 0.619. The summed E-state index contributed by atoms with van der Waals surface area (Å²) < 4.78 is 22.5. The van der Waals surface area contributed by atoms with Crippen molar-refractivity contribution in [2.75, 3.05) is 89.2 Å². The highest BCUT2D eigenvalue weighted by molar-refractivity contribution is 7.13. The van der Waals surface area contributed by atoms with E-state index in [4.69, 9.17) is 18.9 Å². The number of nitrogens with zero attached hydrogens (tertiary/aromatic N) is 4. The van der Waals surface area contributed by atoms with E-state index in [-0.39, 0.29) is 86.4 Å². The van der Waals surface area contributed by atoms with Gasteiger partial charge in [0.2, 0.25) is 17.7 Å². The molecule has 9 rings (SSSR count). The number of amides is 6. The van der Waals surface area contributed by atoms with Crippen LogP contribution in [0, 0.1) is 11.8 Å². The molecule has 0 bridgehead atoms. The Morgan fingerprint density at radius 3 is 2.27 bits per heavy atom. The first-order chi connectivity index (χ1) is 36.0. The largest absolute Gasteiger partial charge is 0.483 e. The Morgan fingerprint density at radius 2 is 1.54 bits per heavy atom. The van der Waals surface area contributed by atoms with Crippen molar-refractivity contribution in [1.29, 1.82) is 0 Å². The number of fused-ring (bicyclic) bond motifs is 2. The lowest BCUT2D eigenvalue weighted by Gasteiger charge is -2.36. The van der Waals surface area contributed by atoms with E-state index in [1.165, 1.54) is 11.3 Å². The molecular weight excluding hydrogens is 967 g/mol. The molecule has 3 atom stereocenters. The molecule has 4 heterocycles. The third-order valence-corrected chi connectivity index (χ3v) is 14.3. The lowest BCUT2D eigenvalue weighted by Crippen LogP contribution is -2.49. The molecule has 5 aromatic rings. The number of nitrogens with one attached hydrogen (secondary N) is 3. The summed E-state index contributed by atoms with van der Waals surface area (Å²) in [4.78, 5) is 101. The molecule has 0 saturated carbocycles. The van der Waals surface area contributed by atoms with Gasteiger partial charge in [-0.15, -0.1) is 11.3 Å². The predicted molar refractivity (Wildman–Crippen MR) is 275 cm³/mol. The zero-order valence-corrected chi connectivity index (χ0v) is 41.6. The van der Waals surface area contributed by atoms with Crippen molar-refractivity contribution >= 4 is 69.0 Å². The number of carbonyl (C=O) groups is 7. The van der Waals surface area contributed by atoms with Gasteiger partial charge in [0.1, 0.15) is 11.8 Å². The minimum atomic E-state index is -0.828. The molecule has 0 radical (unpaired) electrons. The second kappa shape index (κ2) is 24.0. The van der Waals surface area contributed by atoms with Crippen LogP contribution in [-0.2, 0) is 44.7 Å². The molecule has 18 nitrogen and oxygen atoms in total. The Morgan fingerprint density at radius 1 is 0.811 bits per heavy atom. The number of Topliss-reactive ketones (excluding diaryl/α,β-unsaturated/α-hetero) is 1. The zero-order valence-electron chi connectivity index (χ0n) is 40.8. The van der Waals surface area contributed by atoms with Crippen molar-refractivity contribution in [1.82, 2.24) is 25.4 Å². The molecule has 2 saturated heterocycles. The number of ether oxygens (including phenoxy) is 4. The summed E-state index contributed by atoms with van der Waals surface area (Å²) in [5.74, 6) is -3.31. The average Bonchev–Trinajstić information content (AvgIpc) is 4.12. The summed E-state index contributed by atoms with van der Waals surface area (Å²) >= 11 is 1.32. The second-order valence-electron chi connectivity index (χ2n) is 18.2. The van der Waals surface area contributed by atoms with E-state index in [2.05, 4.69) is 44.5 Å². The molecule has 6 amide bonds. The van der Waals surface area contributed by atoms with Crippen LogP contribution in [0.3, 0.4) is 0 Å². The number of hydrogen-bond donors (Lipinski definition) is 3. The molecule has 1 aliphatic carbocycles. The second-order valence-corrected chi connectivity index (χ2v) is 19.1. The topological polar surface area (TPSA) is 215 Å². The molecule has 19 heteroatoms. The average molecular weight is 1020 g/mol. The molecule has 3 unspecified atom stereocenters. The predicted octanol–water partition coefficient (Wildman–Crippen LogP) is 5.31. The van der Waals surface area contributed by atoms with Crippen molar-refractivity contribution in [2.45, 2.75) is 31.8 Å². The van der Waals surface area contributed by atoms with Crippen molar-refractivity contribution in [3.05, 3.63) is 137 Å². The third-order valence-electron chi connectivity index (χ3n) is 13.6. The number of allylic oxidation sites excluding steroid dienone is 1. The number of aromatic nitrogens is 1. The first-order valence-corrected chi connectivity index (χ1v) is 25.6. The third kappa shape index (κ3) is 11.9. The van der Waals surface area contributed by atoms with E-state index in [1.54, 1.807) is 34.7 Å². The number of rotatable bonds is 22. The molecule has 2 fully saturated rings. The molecular formula is C55H57N7O11S. The van der Waals surface area contributed by atoms with Crippen LogP contribution >= 0.6 is 11.3 Å². The monoisotopic (exact) mass is 1020 g/mol. The van der Waals surface area contributed by atoms with Gasteiger partial charge < -0.3 is 39.0 Å². The summed E-state index contributed by atoms with van der Waals surface area (Å²) in [5, 5.41) is 10.2. The Kier molecular flexibility index (Phi) is 16.6. The van der Waals surface area contributed by atoms with Gasteiger partial charge in [-0.1, -0.05) is 73.3 Å². The number of thiazole rings is 1. The van der Waals surface area contributed by atoms with Gasteiger partial charge in [0, 0.05) is 68.5 Å². The van der Waals surface area contributed by atoms with Gasteiger partial charge in [0.05, 0.1) is 63.5 Å². The Bertz CT molecular complexity index is 2890. The number of piperidine rings is 1. The molecule has 3 aliphatic heterocycles. The van der Waals surface area contributed by atoms with Crippen LogP contribution in [0.15, 0.2) is 109 Å². The fraction of sp³-hybridized carbons (Fsp3) is 0.345. The van der Waals surface area contributed by atoms with Crippen LogP contribution < -0.4 is 25.6 Å². The van der Waals surface area contributed by atoms with E-state index in [9.17, 15) is 33.6 Å². The summed E-state index contributed by atoms with van der Waals surface area (Å²) in [6.07, 6.45) is 2.30. The van der Waals surface area contributed by atoms with E-state index < -0.39 is 29.7 Å².